The summed E-state index contributed by atoms with van der Waals surface area (Å²) in [7, 11) is -3.88. The summed E-state index contributed by atoms with van der Waals surface area (Å²) in [6.45, 7) is 9.29. The first kappa shape index (κ1) is 16.4. The number of aryl methyl sites for hydroxylation is 2. The molecule has 1 aromatic heterocycles. The molecule has 0 amide bonds. The van der Waals surface area contributed by atoms with Crippen molar-refractivity contribution in [2.75, 3.05) is 4.72 Å². The number of aromatic nitrogens is 2. The van der Waals surface area contributed by atoms with Crippen LogP contribution in [0, 0.1) is 20.8 Å². The Labute approximate surface area is 130 Å². The van der Waals surface area contributed by atoms with Gasteiger partial charge in [0.05, 0.1) is 17.1 Å². The van der Waals surface area contributed by atoms with Gasteiger partial charge in [-0.15, -0.1) is 0 Å². The van der Waals surface area contributed by atoms with Gasteiger partial charge in [-0.25, -0.2) is 8.42 Å². The van der Waals surface area contributed by atoms with E-state index in [-0.39, 0.29) is 16.7 Å². The molecule has 0 atom stereocenters. The third kappa shape index (κ3) is 2.94. The topological polar surface area (TPSA) is 84.2 Å². The molecule has 0 radical (unpaired) electrons. The minimum atomic E-state index is -3.88. The Morgan fingerprint density at radius 3 is 2.41 bits per heavy atom. The summed E-state index contributed by atoms with van der Waals surface area (Å²) >= 11 is 0. The fourth-order valence-electron chi connectivity index (χ4n) is 2.34. The van der Waals surface area contributed by atoms with Crippen LogP contribution >= 0.6 is 0 Å². The Balaban J connectivity index is 2.48. The van der Waals surface area contributed by atoms with Crippen molar-refractivity contribution < 1.29 is 13.5 Å². The molecule has 1 heterocycles. The van der Waals surface area contributed by atoms with Gasteiger partial charge in [0.15, 0.2) is 0 Å². The maximum absolute atomic E-state index is 12.6. The molecule has 0 spiro atoms. The minimum absolute atomic E-state index is 0.129. The molecule has 2 N–H and O–H groups in total. The summed E-state index contributed by atoms with van der Waals surface area (Å²) in [6, 6.07) is 4.60. The van der Waals surface area contributed by atoms with Gasteiger partial charge >= 0.3 is 0 Å². The van der Waals surface area contributed by atoms with E-state index >= 15 is 0 Å². The van der Waals surface area contributed by atoms with Gasteiger partial charge in [0.25, 0.3) is 10.0 Å². The molecule has 0 unspecified atom stereocenters. The smallest absolute Gasteiger partial charge is 0.265 e. The highest BCUT2D eigenvalue weighted by molar-refractivity contribution is 7.92. The molecule has 6 nitrogen and oxygen atoms in total. The van der Waals surface area contributed by atoms with Gasteiger partial charge in [0, 0.05) is 6.04 Å². The maximum atomic E-state index is 12.6. The van der Waals surface area contributed by atoms with Crippen molar-refractivity contribution in [3.8, 4) is 5.75 Å². The molecule has 2 aromatic rings. The molecule has 2 rings (SSSR count). The number of rotatable bonds is 4. The van der Waals surface area contributed by atoms with E-state index in [1.165, 1.54) is 12.1 Å². The van der Waals surface area contributed by atoms with E-state index in [0.29, 0.717) is 11.4 Å². The predicted octanol–water partition coefficient (Wildman–Crippen LogP) is 2.90. The summed E-state index contributed by atoms with van der Waals surface area (Å²) < 4.78 is 29.4. The Morgan fingerprint density at radius 2 is 1.86 bits per heavy atom. The molecular weight excluding hydrogens is 302 g/mol. The minimum Gasteiger partial charge on any atom is -0.507 e. The van der Waals surface area contributed by atoms with E-state index in [1.54, 1.807) is 24.6 Å². The molecule has 0 saturated carbocycles. The fraction of sp³-hybridized carbons (Fsp3) is 0.400. The Morgan fingerprint density at radius 1 is 1.23 bits per heavy atom. The molecule has 0 saturated heterocycles. The highest BCUT2D eigenvalue weighted by atomic mass is 32.2. The van der Waals surface area contributed by atoms with Crippen LogP contribution in [0.3, 0.4) is 0 Å². The van der Waals surface area contributed by atoms with Gasteiger partial charge in [-0.3, -0.25) is 9.40 Å². The first-order chi connectivity index (χ1) is 10.1. The second-order valence-electron chi connectivity index (χ2n) is 5.66. The lowest BCUT2D eigenvalue weighted by atomic mass is 10.2. The van der Waals surface area contributed by atoms with Crippen molar-refractivity contribution in [2.45, 2.75) is 45.6 Å². The van der Waals surface area contributed by atoms with E-state index in [4.69, 9.17) is 0 Å². The molecule has 1 aromatic carbocycles. The number of benzene rings is 1. The summed E-state index contributed by atoms with van der Waals surface area (Å²) in [6.07, 6.45) is 0. The van der Waals surface area contributed by atoms with Gasteiger partial charge in [0.2, 0.25) is 0 Å². The summed E-state index contributed by atoms with van der Waals surface area (Å²) in [5.74, 6) is -0.273. The van der Waals surface area contributed by atoms with Crippen LogP contribution in [0.4, 0.5) is 5.69 Å². The molecular formula is C15H21N3O3S. The lowest BCUT2D eigenvalue weighted by Crippen LogP contribution is -2.15. The van der Waals surface area contributed by atoms with Crippen molar-refractivity contribution in [1.29, 1.82) is 0 Å². The highest BCUT2D eigenvalue weighted by Crippen LogP contribution is 2.29. The van der Waals surface area contributed by atoms with Gasteiger partial charge in [-0.2, -0.15) is 5.10 Å². The maximum Gasteiger partial charge on any atom is 0.265 e. The normalized spacial score (nSPS) is 11.9. The van der Waals surface area contributed by atoms with Crippen LogP contribution in [-0.2, 0) is 10.0 Å². The third-order valence-electron chi connectivity index (χ3n) is 3.46. The summed E-state index contributed by atoms with van der Waals surface area (Å²) in [5.41, 5.74) is 2.55. The number of anilines is 1. The quantitative estimate of drug-likeness (QED) is 0.906. The largest absolute Gasteiger partial charge is 0.507 e. The average Bonchev–Trinajstić information content (AvgIpc) is 2.69. The first-order valence-electron chi connectivity index (χ1n) is 7.01. The van der Waals surface area contributed by atoms with Crippen LogP contribution < -0.4 is 4.72 Å². The molecule has 0 fully saturated rings. The molecule has 0 aliphatic rings. The van der Waals surface area contributed by atoms with Crippen molar-refractivity contribution in [3.05, 3.63) is 35.2 Å². The Kier molecular flexibility index (Phi) is 4.19. The number of sulfonamides is 1. The van der Waals surface area contributed by atoms with Crippen LogP contribution in [0.15, 0.2) is 23.1 Å². The van der Waals surface area contributed by atoms with E-state index in [9.17, 15) is 13.5 Å². The molecule has 0 aliphatic heterocycles. The first-order valence-corrected chi connectivity index (χ1v) is 8.50. The lowest BCUT2D eigenvalue weighted by molar-refractivity contribution is 0.459. The summed E-state index contributed by atoms with van der Waals surface area (Å²) in [5, 5.41) is 14.2. The SMILES string of the molecule is Cc1ccc(O)c(S(=O)(=O)Nc2c(C)nn(C(C)C)c2C)c1. The van der Waals surface area contributed by atoms with Gasteiger partial charge in [0.1, 0.15) is 10.6 Å². The number of nitrogens with one attached hydrogen (secondary N) is 1. The fourth-order valence-corrected chi connectivity index (χ4v) is 3.70. The van der Waals surface area contributed by atoms with Crippen molar-refractivity contribution in [1.82, 2.24) is 9.78 Å². The molecule has 0 aliphatic carbocycles. The van der Waals surface area contributed by atoms with E-state index in [2.05, 4.69) is 9.82 Å². The Bertz CT molecular complexity index is 808. The average molecular weight is 323 g/mol. The van der Waals surface area contributed by atoms with Crippen molar-refractivity contribution >= 4 is 15.7 Å². The van der Waals surface area contributed by atoms with Crippen LogP contribution in [0.5, 0.6) is 5.75 Å². The number of phenolic OH excluding ortho intramolecular Hbond substituents is 1. The number of hydrogen-bond donors (Lipinski definition) is 2. The monoisotopic (exact) mass is 323 g/mol. The van der Waals surface area contributed by atoms with E-state index in [0.717, 1.165) is 11.3 Å². The standard InChI is InChI=1S/C15H21N3O3S/c1-9(2)18-12(5)15(11(4)16-18)17-22(20,21)14-8-10(3)6-7-13(14)19/h6-9,17,19H,1-5H3. The second-order valence-corrected chi connectivity index (χ2v) is 7.31. The number of aromatic hydroxyl groups is 1. The third-order valence-corrected chi connectivity index (χ3v) is 4.83. The zero-order chi connectivity index (χ0) is 16.7. The van der Waals surface area contributed by atoms with Gasteiger partial charge in [-0.1, -0.05) is 6.07 Å². The van der Waals surface area contributed by atoms with Crippen molar-refractivity contribution in [2.24, 2.45) is 0 Å². The van der Waals surface area contributed by atoms with Gasteiger partial charge < -0.3 is 5.11 Å². The van der Waals surface area contributed by atoms with Crippen LogP contribution in [0.2, 0.25) is 0 Å². The van der Waals surface area contributed by atoms with E-state index in [1.807, 2.05) is 20.8 Å². The Hall–Kier alpha value is -2.02. The van der Waals surface area contributed by atoms with Crippen LogP contribution in [0.25, 0.3) is 0 Å². The molecule has 0 bridgehead atoms. The molecule has 120 valence electrons. The molecule has 22 heavy (non-hydrogen) atoms. The van der Waals surface area contributed by atoms with Gasteiger partial charge in [-0.05, 0) is 52.3 Å². The summed E-state index contributed by atoms with van der Waals surface area (Å²) in [4.78, 5) is -0.136. The predicted molar refractivity (Wildman–Crippen MR) is 85.7 cm³/mol. The lowest BCUT2D eigenvalue weighted by Gasteiger charge is -2.12. The van der Waals surface area contributed by atoms with Crippen LogP contribution in [-0.4, -0.2) is 23.3 Å². The number of hydrogen-bond acceptors (Lipinski definition) is 4. The van der Waals surface area contributed by atoms with Crippen LogP contribution in [0.1, 0.15) is 36.8 Å². The van der Waals surface area contributed by atoms with E-state index < -0.39 is 10.0 Å². The molecule has 7 heteroatoms. The zero-order valence-corrected chi connectivity index (χ0v) is 14.2. The second kappa shape index (κ2) is 5.64. The number of phenols is 1. The number of nitrogens with zero attached hydrogens (tertiary/aromatic N) is 2. The zero-order valence-electron chi connectivity index (χ0n) is 13.4. The van der Waals surface area contributed by atoms with Crippen molar-refractivity contribution in [3.63, 3.8) is 0 Å². The highest BCUT2D eigenvalue weighted by Gasteiger charge is 2.23.